The maximum atomic E-state index is 11.9. The molecule has 1 aromatic rings. The van der Waals surface area contributed by atoms with E-state index in [0.717, 1.165) is 11.3 Å². The Labute approximate surface area is 99.5 Å². The van der Waals surface area contributed by atoms with Gasteiger partial charge in [-0.1, -0.05) is 17.3 Å². The first-order chi connectivity index (χ1) is 8.11. The molecule has 0 radical (unpaired) electrons. The highest BCUT2D eigenvalue weighted by Crippen LogP contribution is 2.25. The van der Waals surface area contributed by atoms with Gasteiger partial charge < -0.3 is 15.8 Å². The number of carbonyl (C=O) groups is 1. The average molecular weight is 233 g/mol. The van der Waals surface area contributed by atoms with Crippen molar-refractivity contribution in [3.63, 3.8) is 0 Å². The van der Waals surface area contributed by atoms with Gasteiger partial charge in [0.05, 0.1) is 0 Å². The van der Waals surface area contributed by atoms with Gasteiger partial charge in [0.15, 0.2) is 0 Å². The van der Waals surface area contributed by atoms with Crippen molar-refractivity contribution in [3.8, 4) is 0 Å². The highest BCUT2D eigenvalue weighted by atomic mass is 16.4. The Hall–Kier alpha value is -2.04. The van der Waals surface area contributed by atoms with Crippen LogP contribution >= 0.6 is 0 Å². The fourth-order valence-corrected chi connectivity index (χ4v) is 2.03. The van der Waals surface area contributed by atoms with E-state index in [2.05, 4.69) is 5.16 Å². The number of nitrogens with zero attached hydrogens (tertiary/aromatic N) is 2. The highest BCUT2D eigenvalue weighted by Gasteiger charge is 2.33. The van der Waals surface area contributed by atoms with Gasteiger partial charge in [-0.3, -0.25) is 4.79 Å². The third-order valence-corrected chi connectivity index (χ3v) is 2.97. The van der Waals surface area contributed by atoms with Crippen molar-refractivity contribution in [2.24, 2.45) is 16.8 Å². The molecule has 1 aromatic carbocycles. The van der Waals surface area contributed by atoms with E-state index in [1.165, 1.54) is 0 Å². The summed E-state index contributed by atoms with van der Waals surface area (Å²) in [5.41, 5.74) is 7.50. The van der Waals surface area contributed by atoms with E-state index < -0.39 is 0 Å². The van der Waals surface area contributed by atoms with Gasteiger partial charge in [-0.15, -0.1) is 0 Å². The molecule has 90 valence electrons. The summed E-state index contributed by atoms with van der Waals surface area (Å²) in [5.74, 6) is -0.0753. The lowest BCUT2D eigenvalue weighted by atomic mass is 10.1. The molecule has 5 heteroatoms. The second kappa shape index (κ2) is 4.45. The lowest BCUT2D eigenvalue weighted by Gasteiger charge is -2.16. The molecule has 3 N–H and O–H groups in total. The SMILES string of the molecule is Cc1cccc(N2CC(C(N)=NO)CC2=O)c1. The number of oxime groups is 1. The molecule has 1 unspecified atom stereocenters. The number of amidine groups is 1. The molecule has 1 fully saturated rings. The maximum absolute atomic E-state index is 11.9. The number of nitrogens with two attached hydrogens (primary N) is 1. The Kier molecular flexibility index (Phi) is 2.99. The predicted molar refractivity (Wildman–Crippen MR) is 65.0 cm³/mol. The number of rotatable bonds is 2. The molecule has 0 aliphatic carbocycles. The topological polar surface area (TPSA) is 78.9 Å². The molecule has 0 saturated carbocycles. The minimum absolute atomic E-state index is 0.00667. The van der Waals surface area contributed by atoms with Gasteiger partial charge in [0, 0.05) is 24.6 Å². The standard InChI is InChI=1S/C12H15N3O2/c1-8-3-2-4-10(5-8)15-7-9(6-11(15)16)12(13)14-17/h2-5,9,17H,6-7H2,1H3,(H2,13,14). The van der Waals surface area contributed by atoms with E-state index in [4.69, 9.17) is 10.9 Å². The molecule has 1 saturated heterocycles. The number of carbonyl (C=O) groups excluding carboxylic acids is 1. The number of amides is 1. The van der Waals surface area contributed by atoms with Gasteiger partial charge in [0.1, 0.15) is 5.84 Å². The summed E-state index contributed by atoms with van der Waals surface area (Å²) in [6.45, 7) is 2.45. The first kappa shape index (κ1) is 11.4. The van der Waals surface area contributed by atoms with E-state index in [-0.39, 0.29) is 17.7 Å². The fraction of sp³-hybridized carbons (Fsp3) is 0.333. The van der Waals surface area contributed by atoms with Gasteiger partial charge in [0.25, 0.3) is 0 Å². The summed E-state index contributed by atoms with van der Waals surface area (Å²) in [6, 6.07) is 7.73. The van der Waals surface area contributed by atoms with E-state index in [1.807, 2.05) is 31.2 Å². The molecule has 1 aliphatic rings. The van der Waals surface area contributed by atoms with E-state index in [1.54, 1.807) is 4.90 Å². The number of hydrogen-bond acceptors (Lipinski definition) is 3. The third kappa shape index (κ3) is 2.22. The quantitative estimate of drug-likeness (QED) is 0.347. The normalized spacial score (nSPS) is 21.0. The smallest absolute Gasteiger partial charge is 0.227 e. The van der Waals surface area contributed by atoms with Crippen molar-refractivity contribution < 1.29 is 10.0 Å². The van der Waals surface area contributed by atoms with Crippen molar-refractivity contribution in [1.29, 1.82) is 0 Å². The molecule has 0 spiro atoms. The van der Waals surface area contributed by atoms with Crippen LogP contribution in [0.1, 0.15) is 12.0 Å². The number of benzene rings is 1. The number of aryl methyl sites for hydroxylation is 1. The van der Waals surface area contributed by atoms with Crippen LogP contribution in [0.2, 0.25) is 0 Å². The van der Waals surface area contributed by atoms with Gasteiger partial charge in [0.2, 0.25) is 5.91 Å². The summed E-state index contributed by atoms with van der Waals surface area (Å²) in [5, 5.41) is 11.6. The zero-order chi connectivity index (χ0) is 12.4. The monoisotopic (exact) mass is 233 g/mol. The fourth-order valence-electron chi connectivity index (χ4n) is 2.03. The second-order valence-electron chi connectivity index (χ2n) is 4.27. The van der Waals surface area contributed by atoms with Crippen LogP contribution < -0.4 is 10.6 Å². The zero-order valence-electron chi connectivity index (χ0n) is 9.63. The molecule has 17 heavy (non-hydrogen) atoms. The molecular weight excluding hydrogens is 218 g/mol. The Morgan fingerprint density at radius 2 is 2.35 bits per heavy atom. The van der Waals surface area contributed by atoms with Crippen molar-refractivity contribution in [3.05, 3.63) is 29.8 Å². The van der Waals surface area contributed by atoms with Crippen LogP contribution in [0.4, 0.5) is 5.69 Å². The van der Waals surface area contributed by atoms with Crippen LogP contribution in [-0.2, 0) is 4.79 Å². The first-order valence-corrected chi connectivity index (χ1v) is 5.46. The Balaban J connectivity index is 2.21. The molecule has 1 atom stereocenters. The van der Waals surface area contributed by atoms with Crippen molar-refractivity contribution in [2.45, 2.75) is 13.3 Å². The molecule has 0 aromatic heterocycles. The van der Waals surface area contributed by atoms with Crippen molar-refractivity contribution in [2.75, 3.05) is 11.4 Å². The van der Waals surface area contributed by atoms with Crippen LogP contribution in [0.5, 0.6) is 0 Å². The molecule has 1 heterocycles. The van der Waals surface area contributed by atoms with Gasteiger partial charge in [-0.25, -0.2) is 0 Å². The van der Waals surface area contributed by atoms with E-state index in [9.17, 15) is 4.79 Å². The van der Waals surface area contributed by atoms with E-state index >= 15 is 0 Å². The van der Waals surface area contributed by atoms with Crippen LogP contribution in [0.15, 0.2) is 29.4 Å². The number of anilines is 1. The van der Waals surface area contributed by atoms with Crippen LogP contribution in [0, 0.1) is 12.8 Å². The first-order valence-electron chi connectivity index (χ1n) is 5.46. The summed E-state index contributed by atoms with van der Waals surface area (Å²) in [6.07, 6.45) is 0.295. The largest absolute Gasteiger partial charge is 0.409 e. The minimum atomic E-state index is -0.201. The van der Waals surface area contributed by atoms with Crippen LogP contribution in [-0.4, -0.2) is 23.5 Å². The Bertz CT molecular complexity index is 471. The summed E-state index contributed by atoms with van der Waals surface area (Å²) in [7, 11) is 0. The van der Waals surface area contributed by atoms with Crippen molar-refractivity contribution in [1.82, 2.24) is 0 Å². The lowest BCUT2D eigenvalue weighted by Crippen LogP contribution is -2.28. The molecule has 1 amide bonds. The number of hydrogen-bond donors (Lipinski definition) is 2. The third-order valence-electron chi connectivity index (χ3n) is 2.97. The lowest BCUT2D eigenvalue weighted by molar-refractivity contribution is -0.117. The van der Waals surface area contributed by atoms with Crippen LogP contribution in [0.3, 0.4) is 0 Å². The Morgan fingerprint density at radius 1 is 1.59 bits per heavy atom. The van der Waals surface area contributed by atoms with Crippen LogP contribution in [0.25, 0.3) is 0 Å². The van der Waals surface area contributed by atoms with Gasteiger partial charge in [-0.2, -0.15) is 0 Å². The zero-order valence-corrected chi connectivity index (χ0v) is 9.63. The molecular formula is C12H15N3O2. The maximum Gasteiger partial charge on any atom is 0.227 e. The highest BCUT2D eigenvalue weighted by molar-refractivity contribution is 6.01. The van der Waals surface area contributed by atoms with Gasteiger partial charge in [-0.05, 0) is 24.6 Å². The van der Waals surface area contributed by atoms with Crippen molar-refractivity contribution >= 4 is 17.4 Å². The molecule has 5 nitrogen and oxygen atoms in total. The van der Waals surface area contributed by atoms with E-state index in [0.29, 0.717) is 13.0 Å². The second-order valence-corrected chi connectivity index (χ2v) is 4.27. The molecule has 1 aliphatic heterocycles. The molecule has 0 bridgehead atoms. The van der Waals surface area contributed by atoms with Gasteiger partial charge >= 0.3 is 0 Å². The minimum Gasteiger partial charge on any atom is -0.409 e. The summed E-state index contributed by atoms with van der Waals surface area (Å²) < 4.78 is 0. The average Bonchev–Trinajstić information content (AvgIpc) is 2.70. The molecule has 2 rings (SSSR count). The summed E-state index contributed by atoms with van der Waals surface area (Å²) >= 11 is 0. The predicted octanol–water partition coefficient (Wildman–Crippen LogP) is 1.09. The Morgan fingerprint density at radius 3 is 3.00 bits per heavy atom. The summed E-state index contributed by atoms with van der Waals surface area (Å²) in [4.78, 5) is 13.5.